The number of hydrogen-bond donors (Lipinski definition) is 0. The van der Waals surface area contributed by atoms with Crippen LogP contribution in [0.15, 0.2) is 18.2 Å². The Balaban J connectivity index is 1.91. The van der Waals surface area contributed by atoms with E-state index in [-0.39, 0.29) is 35.5 Å². The van der Waals surface area contributed by atoms with Crippen molar-refractivity contribution >= 4 is 11.8 Å². The van der Waals surface area contributed by atoms with Gasteiger partial charge in [-0.15, -0.1) is 0 Å². The van der Waals surface area contributed by atoms with Crippen LogP contribution in [0.3, 0.4) is 0 Å². The van der Waals surface area contributed by atoms with Crippen LogP contribution in [-0.2, 0) is 21.5 Å². The summed E-state index contributed by atoms with van der Waals surface area (Å²) in [5.74, 6) is -0.432. The molecule has 5 heteroatoms. The van der Waals surface area contributed by atoms with Crippen LogP contribution < -0.4 is 0 Å². The van der Waals surface area contributed by atoms with E-state index in [1.807, 2.05) is 6.92 Å². The van der Waals surface area contributed by atoms with E-state index in [9.17, 15) is 14.0 Å². The van der Waals surface area contributed by atoms with Gasteiger partial charge in [0.15, 0.2) is 0 Å². The number of likely N-dealkylation sites (tertiary alicyclic amines) is 1. The van der Waals surface area contributed by atoms with E-state index in [0.717, 1.165) is 11.1 Å². The molecule has 0 saturated carbocycles. The summed E-state index contributed by atoms with van der Waals surface area (Å²) in [6.45, 7) is 7.57. The lowest BCUT2D eigenvalue weighted by atomic mass is 9.78. The molecule has 118 valence electrons. The Morgan fingerprint density at radius 1 is 1.32 bits per heavy atom. The zero-order valence-corrected chi connectivity index (χ0v) is 13.2. The van der Waals surface area contributed by atoms with Crippen LogP contribution in [0, 0.1) is 5.82 Å². The van der Waals surface area contributed by atoms with Gasteiger partial charge in [-0.1, -0.05) is 19.9 Å². The molecule has 2 aliphatic heterocycles. The summed E-state index contributed by atoms with van der Waals surface area (Å²) in [6, 6.07) is 4.45. The van der Waals surface area contributed by atoms with Crippen molar-refractivity contribution in [2.24, 2.45) is 0 Å². The Hall–Kier alpha value is -1.75. The highest BCUT2D eigenvalue weighted by Gasteiger charge is 2.44. The van der Waals surface area contributed by atoms with Gasteiger partial charge in [0.25, 0.3) is 0 Å². The SMILES string of the molecule is CCN1C(=O)CC(N2Cc3ccc(F)cc3C(C)(C)C2)C1=O. The zero-order chi connectivity index (χ0) is 16.1. The average molecular weight is 304 g/mol. The van der Waals surface area contributed by atoms with Gasteiger partial charge in [0, 0.05) is 25.0 Å². The molecule has 2 heterocycles. The van der Waals surface area contributed by atoms with Gasteiger partial charge in [-0.2, -0.15) is 0 Å². The van der Waals surface area contributed by atoms with Gasteiger partial charge < -0.3 is 0 Å². The van der Waals surface area contributed by atoms with E-state index in [0.29, 0.717) is 19.6 Å². The number of halogens is 1. The number of nitrogens with zero attached hydrogens (tertiary/aromatic N) is 2. The molecule has 1 fully saturated rings. The third-order valence-corrected chi connectivity index (χ3v) is 4.75. The molecule has 1 saturated heterocycles. The first-order valence-corrected chi connectivity index (χ1v) is 7.70. The molecule has 3 rings (SSSR count). The van der Waals surface area contributed by atoms with Crippen LogP contribution in [0.2, 0.25) is 0 Å². The Kier molecular flexibility index (Phi) is 3.56. The summed E-state index contributed by atoms with van der Waals surface area (Å²) in [6.07, 6.45) is 0.249. The molecule has 2 aliphatic rings. The summed E-state index contributed by atoms with van der Waals surface area (Å²) < 4.78 is 13.5. The molecule has 1 aromatic rings. The van der Waals surface area contributed by atoms with Crippen LogP contribution in [0.25, 0.3) is 0 Å². The van der Waals surface area contributed by atoms with Crippen LogP contribution in [0.4, 0.5) is 4.39 Å². The zero-order valence-electron chi connectivity index (χ0n) is 13.2. The molecule has 0 aromatic heterocycles. The second kappa shape index (κ2) is 5.16. The minimum absolute atomic E-state index is 0.0970. The number of hydrogen-bond acceptors (Lipinski definition) is 3. The lowest BCUT2D eigenvalue weighted by molar-refractivity contribution is -0.139. The van der Waals surface area contributed by atoms with Crippen molar-refractivity contribution in [3.63, 3.8) is 0 Å². The van der Waals surface area contributed by atoms with Crippen LogP contribution in [0.5, 0.6) is 0 Å². The first-order valence-electron chi connectivity index (χ1n) is 7.70. The van der Waals surface area contributed by atoms with Crippen molar-refractivity contribution in [1.29, 1.82) is 0 Å². The predicted molar refractivity (Wildman–Crippen MR) is 80.6 cm³/mol. The fourth-order valence-corrected chi connectivity index (χ4v) is 3.69. The first kappa shape index (κ1) is 15.2. The Labute approximate surface area is 129 Å². The second-order valence-electron chi connectivity index (χ2n) is 6.79. The van der Waals surface area contributed by atoms with Gasteiger partial charge in [-0.3, -0.25) is 19.4 Å². The normalized spacial score (nSPS) is 24.7. The minimum Gasteiger partial charge on any atom is -0.286 e. The van der Waals surface area contributed by atoms with Gasteiger partial charge in [0.05, 0.1) is 12.5 Å². The lowest BCUT2D eigenvalue weighted by Gasteiger charge is -2.41. The summed E-state index contributed by atoms with van der Waals surface area (Å²) in [7, 11) is 0. The third kappa shape index (κ3) is 2.33. The number of carbonyl (C=O) groups is 2. The Morgan fingerprint density at radius 2 is 2.05 bits per heavy atom. The van der Waals surface area contributed by atoms with Gasteiger partial charge in [0.1, 0.15) is 5.82 Å². The minimum atomic E-state index is -0.384. The summed E-state index contributed by atoms with van der Waals surface area (Å²) >= 11 is 0. The molecule has 4 nitrogen and oxygen atoms in total. The molecule has 1 atom stereocenters. The molecule has 0 aliphatic carbocycles. The highest BCUT2D eigenvalue weighted by atomic mass is 19.1. The van der Waals surface area contributed by atoms with E-state index in [1.54, 1.807) is 12.1 Å². The third-order valence-electron chi connectivity index (χ3n) is 4.75. The van der Waals surface area contributed by atoms with Crippen molar-refractivity contribution in [2.75, 3.05) is 13.1 Å². The number of imide groups is 1. The van der Waals surface area contributed by atoms with E-state index >= 15 is 0 Å². The number of amides is 2. The highest BCUT2D eigenvalue weighted by Crippen LogP contribution is 2.36. The first-order chi connectivity index (χ1) is 10.3. The van der Waals surface area contributed by atoms with E-state index in [1.165, 1.54) is 11.0 Å². The predicted octanol–water partition coefficient (Wildman–Crippen LogP) is 2.07. The van der Waals surface area contributed by atoms with Crippen molar-refractivity contribution in [3.8, 4) is 0 Å². The summed E-state index contributed by atoms with van der Waals surface area (Å²) in [4.78, 5) is 27.8. The molecule has 0 spiro atoms. The fraction of sp³-hybridized carbons (Fsp3) is 0.529. The Bertz CT molecular complexity index is 642. The highest BCUT2D eigenvalue weighted by molar-refractivity contribution is 6.05. The van der Waals surface area contributed by atoms with Crippen LogP contribution >= 0.6 is 0 Å². The van der Waals surface area contributed by atoms with Crippen LogP contribution in [-0.4, -0.2) is 40.7 Å². The maximum Gasteiger partial charge on any atom is 0.247 e. The van der Waals surface area contributed by atoms with Gasteiger partial charge in [-0.25, -0.2) is 4.39 Å². The van der Waals surface area contributed by atoms with Crippen molar-refractivity contribution in [1.82, 2.24) is 9.80 Å². The Morgan fingerprint density at radius 3 is 2.68 bits per heavy atom. The number of benzene rings is 1. The number of rotatable bonds is 2. The van der Waals surface area contributed by atoms with Gasteiger partial charge >= 0.3 is 0 Å². The van der Waals surface area contributed by atoms with Crippen LogP contribution in [0.1, 0.15) is 38.3 Å². The van der Waals surface area contributed by atoms with Crippen molar-refractivity contribution < 1.29 is 14.0 Å². The number of likely N-dealkylation sites (N-methyl/N-ethyl adjacent to an activating group) is 1. The fourth-order valence-electron chi connectivity index (χ4n) is 3.69. The molecule has 1 aromatic carbocycles. The molecular weight excluding hydrogens is 283 g/mol. The number of carbonyl (C=O) groups excluding carboxylic acids is 2. The van der Waals surface area contributed by atoms with Gasteiger partial charge in [0.2, 0.25) is 11.8 Å². The van der Waals surface area contributed by atoms with E-state index in [2.05, 4.69) is 18.7 Å². The summed E-state index contributed by atoms with van der Waals surface area (Å²) in [5, 5.41) is 0. The summed E-state index contributed by atoms with van der Waals surface area (Å²) in [5.41, 5.74) is 1.78. The standard InChI is InChI=1S/C17H21FN2O2/c1-4-20-15(21)8-14(16(20)22)19-9-11-5-6-12(18)7-13(11)17(2,3)10-19/h5-7,14H,4,8-10H2,1-3H3. The molecule has 2 amide bonds. The molecule has 1 unspecified atom stereocenters. The number of fused-ring (bicyclic) bond motifs is 1. The molecule has 0 N–H and O–H groups in total. The molecule has 0 bridgehead atoms. The van der Waals surface area contributed by atoms with E-state index in [4.69, 9.17) is 0 Å². The molecule has 22 heavy (non-hydrogen) atoms. The van der Waals surface area contributed by atoms with Gasteiger partial charge in [-0.05, 0) is 30.2 Å². The lowest BCUT2D eigenvalue weighted by Crippen LogP contribution is -2.49. The van der Waals surface area contributed by atoms with Crippen molar-refractivity contribution in [2.45, 2.75) is 45.2 Å². The topological polar surface area (TPSA) is 40.6 Å². The monoisotopic (exact) mass is 304 g/mol. The molecular formula is C17H21FN2O2. The largest absolute Gasteiger partial charge is 0.286 e. The van der Waals surface area contributed by atoms with E-state index < -0.39 is 0 Å². The average Bonchev–Trinajstić information content (AvgIpc) is 2.73. The maximum atomic E-state index is 13.5. The maximum absolute atomic E-state index is 13.5. The molecule has 0 radical (unpaired) electrons. The smallest absolute Gasteiger partial charge is 0.247 e. The second-order valence-corrected chi connectivity index (χ2v) is 6.79. The quantitative estimate of drug-likeness (QED) is 0.785. The van der Waals surface area contributed by atoms with Crippen molar-refractivity contribution in [3.05, 3.63) is 35.1 Å².